The monoisotopic (exact) mass is 324 g/mol. The average molecular weight is 324 g/mol. The fourth-order valence-electron chi connectivity index (χ4n) is 3.44. The van der Waals surface area contributed by atoms with Gasteiger partial charge in [-0.15, -0.1) is 0 Å². The molecule has 0 bridgehead atoms. The highest BCUT2D eigenvalue weighted by molar-refractivity contribution is 5.77. The van der Waals surface area contributed by atoms with Crippen molar-refractivity contribution in [2.45, 2.75) is 31.7 Å². The van der Waals surface area contributed by atoms with Gasteiger partial charge in [0.1, 0.15) is 0 Å². The van der Waals surface area contributed by atoms with E-state index < -0.39 is 0 Å². The van der Waals surface area contributed by atoms with Crippen molar-refractivity contribution in [2.75, 3.05) is 13.3 Å². The number of aromatic nitrogens is 1. The van der Waals surface area contributed by atoms with Crippen LogP contribution in [0.15, 0.2) is 42.6 Å². The summed E-state index contributed by atoms with van der Waals surface area (Å²) in [5, 5.41) is 0. The highest BCUT2D eigenvalue weighted by Crippen LogP contribution is 2.34. The Bertz CT molecular complexity index is 733. The Morgan fingerprint density at radius 3 is 3.00 bits per heavy atom. The van der Waals surface area contributed by atoms with E-state index in [4.69, 9.17) is 9.47 Å². The minimum atomic E-state index is 0.121. The molecule has 0 radical (unpaired) electrons. The normalized spacial score (nSPS) is 18.8. The predicted molar refractivity (Wildman–Crippen MR) is 88.8 cm³/mol. The molecule has 0 N–H and O–H groups in total. The molecule has 2 aromatic rings. The first-order valence-corrected chi connectivity index (χ1v) is 8.40. The third-order valence-corrected chi connectivity index (χ3v) is 4.67. The van der Waals surface area contributed by atoms with Gasteiger partial charge in [0, 0.05) is 19.2 Å². The molecule has 1 saturated heterocycles. The third-order valence-electron chi connectivity index (χ3n) is 4.67. The van der Waals surface area contributed by atoms with Crippen molar-refractivity contribution in [1.29, 1.82) is 0 Å². The van der Waals surface area contributed by atoms with Gasteiger partial charge in [-0.3, -0.25) is 9.78 Å². The summed E-state index contributed by atoms with van der Waals surface area (Å²) < 4.78 is 10.7. The number of hydrogen-bond acceptors (Lipinski definition) is 4. The summed E-state index contributed by atoms with van der Waals surface area (Å²) in [4.78, 5) is 19.1. The second kappa shape index (κ2) is 6.51. The number of carbonyl (C=O) groups is 1. The molecular weight excluding hydrogens is 304 g/mol. The number of carbonyl (C=O) groups excluding carboxylic acids is 1. The number of fused-ring (bicyclic) bond motifs is 1. The van der Waals surface area contributed by atoms with Crippen LogP contribution in [0.25, 0.3) is 0 Å². The Labute approximate surface area is 141 Å². The summed E-state index contributed by atoms with van der Waals surface area (Å²) >= 11 is 0. The van der Waals surface area contributed by atoms with E-state index in [9.17, 15) is 4.79 Å². The van der Waals surface area contributed by atoms with Gasteiger partial charge in [-0.05, 0) is 49.1 Å². The number of nitrogens with zero attached hydrogens (tertiary/aromatic N) is 2. The molecule has 0 unspecified atom stereocenters. The van der Waals surface area contributed by atoms with Crippen LogP contribution in [0.3, 0.4) is 0 Å². The third kappa shape index (κ3) is 2.94. The quantitative estimate of drug-likeness (QED) is 0.867. The Balaban J connectivity index is 1.40. The van der Waals surface area contributed by atoms with Crippen LogP contribution in [0.2, 0.25) is 0 Å². The maximum absolute atomic E-state index is 12.7. The van der Waals surface area contributed by atoms with Crippen LogP contribution >= 0.6 is 0 Å². The second-order valence-electron chi connectivity index (χ2n) is 6.19. The van der Waals surface area contributed by atoms with E-state index in [2.05, 4.69) is 4.98 Å². The van der Waals surface area contributed by atoms with Gasteiger partial charge in [0.25, 0.3) is 0 Å². The molecule has 5 heteroatoms. The molecule has 1 amide bonds. The fraction of sp³-hybridized carbons (Fsp3) is 0.368. The summed E-state index contributed by atoms with van der Waals surface area (Å²) in [6.07, 6.45) is 5.04. The van der Waals surface area contributed by atoms with Gasteiger partial charge >= 0.3 is 0 Å². The summed E-state index contributed by atoms with van der Waals surface area (Å²) in [6.45, 7) is 1.10. The number of ether oxygens (including phenoxy) is 2. The first kappa shape index (κ1) is 15.0. The molecule has 4 rings (SSSR count). The lowest BCUT2D eigenvalue weighted by Gasteiger charge is -2.24. The van der Waals surface area contributed by atoms with Crippen molar-refractivity contribution in [1.82, 2.24) is 9.88 Å². The van der Waals surface area contributed by atoms with Crippen molar-refractivity contribution in [3.63, 3.8) is 0 Å². The van der Waals surface area contributed by atoms with E-state index in [1.807, 2.05) is 41.3 Å². The smallest absolute Gasteiger partial charge is 0.231 e. The Kier molecular flexibility index (Phi) is 4.07. The van der Waals surface area contributed by atoms with Crippen molar-refractivity contribution in [3.05, 3.63) is 53.9 Å². The van der Waals surface area contributed by atoms with Gasteiger partial charge in [0.2, 0.25) is 12.7 Å². The Morgan fingerprint density at radius 1 is 1.21 bits per heavy atom. The maximum Gasteiger partial charge on any atom is 0.231 e. The van der Waals surface area contributed by atoms with Crippen molar-refractivity contribution >= 4 is 5.91 Å². The molecule has 2 aliphatic rings. The van der Waals surface area contributed by atoms with Crippen LogP contribution in [-0.2, 0) is 11.2 Å². The van der Waals surface area contributed by atoms with E-state index in [1.165, 1.54) is 0 Å². The summed E-state index contributed by atoms with van der Waals surface area (Å²) in [5.41, 5.74) is 2.09. The summed E-state index contributed by atoms with van der Waals surface area (Å²) in [6, 6.07) is 11.9. The van der Waals surface area contributed by atoms with Crippen LogP contribution in [0.4, 0.5) is 0 Å². The number of benzene rings is 1. The minimum Gasteiger partial charge on any atom is -0.454 e. The molecule has 0 aliphatic carbocycles. The molecule has 2 aliphatic heterocycles. The van der Waals surface area contributed by atoms with Crippen LogP contribution in [0.5, 0.6) is 11.5 Å². The summed E-state index contributed by atoms with van der Waals surface area (Å²) in [5.74, 6) is 1.74. The van der Waals surface area contributed by atoms with E-state index in [-0.39, 0.29) is 18.7 Å². The van der Waals surface area contributed by atoms with Crippen molar-refractivity contribution in [3.8, 4) is 11.5 Å². The van der Waals surface area contributed by atoms with Crippen LogP contribution < -0.4 is 9.47 Å². The average Bonchev–Trinajstić information content (AvgIpc) is 3.29. The topological polar surface area (TPSA) is 51.7 Å². The first-order chi connectivity index (χ1) is 11.8. The first-order valence-electron chi connectivity index (χ1n) is 8.40. The molecule has 0 spiro atoms. The molecule has 1 aromatic carbocycles. The van der Waals surface area contributed by atoms with Crippen LogP contribution in [0, 0.1) is 0 Å². The van der Waals surface area contributed by atoms with Crippen LogP contribution in [0.1, 0.15) is 36.6 Å². The molecular formula is C19H20N2O3. The zero-order valence-electron chi connectivity index (χ0n) is 13.5. The van der Waals surface area contributed by atoms with Crippen molar-refractivity contribution in [2.24, 2.45) is 0 Å². The lowest BCUT2D eigenvalue weighted by atomic mass is 10.1. The van der Waals surface area contributed by atoms with Crippen LogP contribution in [-0.4, -0.2) is 29.1 Å². The Morgan fingerprint density at radius 2 is 2.12 bits per heavy atom. The SMILES string of the molecule is O=C(CCc1ccc2c(c1)OCO2)N1CCC[C@H]1c1ccccn1. The van der Waals surface area contributed by atoms with Gasteiger partial charge in [-0.1, -0.05) is 12.1 Å². The molecule has 1 aromatic heterocycles. The zero-order valence-corrected chi connectivity index (χ0v) is 13.5. The minimum absolute atomic E-state index is 0.121. The maximum atomic E-state index is 12.7. The number of likely N-dealkylation sites (tertiary alicyclic amines) is 1. The van der Waals surface area contributed by atoms with E-state index >= 15 is 0 Å². The molecule has 24 heavy (non-hydrogen) atoms. The molecule has 0 saturated carbocycles. The highest BCUT2D eigenvalue weighted by atomic mass is 16.7. The number of pyridine rings is 1. The van der Waals surface area contributed by atoms with E-state index in [0.717, 1.165) is 42.1 Å². The molecule has 124 valence electrons. The standard InChI is InChI=1S/C19H20N2O3/c22-19(9-7-14-6-8-17-18(12-14)24-13-23-17)21-11-3-5-16(21)15-4-1-2-10-20-15/h1-2,4,6,8,10,12,16H,3,5,7,9,11,13H2/t16-/m0/s1. The highest BCUT2D eigenvalue weighted by Gasteiger charge is 2.30. The number of amides is 1. The number of rotatable bonds is 4. The van der Waals surface area contributed by atoms with Gasteiger partial charge in [0.05, 0.1) is 11.7 Å². The van der Waals surface area contributed by atoms with E-state index in [1.54, 1.807) is 6.20 Å². The fourth-order valence-corrected chi connectivity index (χ4v) is 3.44. The molecule has 5 nitrogen and oxygen atoms in total. The second-order valence-corrected chi connectivity index (χ2v) is 6.19. The lowest BCUT2D eigenvalue weighted by Crippen LogP contribution is -2.31. The number of hydrogen-bond donors (Lipinski definition) is 0. The lowest BCUT2D eigenvalue weighted by molar-refractivity contribution is -0.132. The zero-order chi connectivity index (χ0) is 16.4. The van der Waals surface area contributed by atoms with Gasteiger partial charge in [0.15, 0.2) is 11.5 Å². The van der Waals surface area contributed by atoms with Gasteiger partial charge in [-0.2, -0.15) is 0 Å². The number of aryl methyl sites for hydroxylation is 1. The largest absolute Gasteiger partial charge is 0.454 e. The molecule has 1 fully saturated rings. The predicted octanol–water partition coefficient (Wildman–Crippen LogP) is 3.11. The van der Waals surface area contributed by atoms with Crippen molar-refractivity contribution < 1.29 is 14.3 Å². The Hall–Kier alpha value is -2.56. The molecule has 3 heterocycles. The summed E-state index contributed by atoms with van der Waals surface area (Å²) in [7, 11) is 0. The molecule has 1 atom stereocenters. The van der Waals surface area contributed by atoms with E-state index in [0.29, 0.717) is 12.8 Å². The van der Waals surface area contributed by atoms with Gasteiger partial charge in [-0.25, -0.2) is 0 Å². The van der Waals surface area contributed by atoms with Gasteiger partial charge < -0.3 is 14.4 Å².